The van der Waals surface area contributed by atoms with Gasteiger partial charge in [-0.3, -0.25) is 0 Å². The third-order valence-corrected chi connectivity index (χ3v) is 2.07. The van der Waals surface area contributed by atoms with Gasteiger partial charge in [0.2, 0.25) is 0 Å². The SMILES string of the molecule is O=C(O)c1cc(Oc2ccc(F)cc2F)ccn1.[Li+].[OH-]. The second-order valence-electron chi connectivity index (χ2n) is 3.36. The molecule has 8 heteroatoms. The summed E-state index contributed by atoms with van der Waals surface area (Å²) in [6.07, 6.45) is 1.22. The molecule has 0 unspecified atom stereocenters. The molecular formula is C12H8F2LiNO4. The van der Waals surface area contributed by atoms with E-state index in [0.29, 0.717) is 6.07 Å². The number of ether oxygens (including phenoxy) is 1. The Hall–Kier alpha value is -1.94. The largest absolute Gasteiger partial charge is 1.00 e. The number of pyridine rings is 1. The van der Waals surface area contributed by atoms with Gasteiger partial charge in [-0.25, -0.2) is 18.6 Å². The van der Waals surface area contributed by atoms with Crippen LogP contribution in [0.3, 0.4) is 0 Å². The second kappa shape index (κ2) is 7.60. The molecule has 1 heterocycles. The van der Waals surface area contributed by atoms with Crippen LogP contribution in [0.1, 0.15) is 10.5 Å². The Morgan fingerprint density at radius 1 is 1.20 bits per heavy atom. The van der Waals surface area contributed by atoms with Gasteiger partial charge in [0, 0.05) is 18.3 Å². The van der Waals surface area contributed by atoms with E-state index < -0.39 is 17.6 Å². The molecule has 5 nitrogen and oxygen atoms in total. The van der Waals surface area contributed by atoms with E-state index in [1.165, 1.54) is 12.3 Å². The van der Waals surface area contributed by atoms with Crippen molar-refractivity contribution in [3.05, 3.63) is 53.9 Å². The van der Waals surface area contributed by atoms with Gasteiger partial charge in [-0.1, -0.05) is 0 Å². The maximum absolute atomic E-state index is 13.3. The number of hydrogen-bond donors (Lipinski definition) is 1. The van der Waals surface area contributed by atoms with Crippen LogP contribution in [-0.2, 0) is 0 Å². The molecule has 0 saturated carbocycles. The number of aromatic carboxylic acids is 1. The normalized spacial score (nSPS) is 9.10. The summed E-state index contributed by atoms with van der Waals surface area (Å²) in [5.41, 5.74) is -0.227. The Balaban J connectivity index is 0.00000180. The molecule has 20 heavy (non-hydrogen) atoms. The summed E-state index contributed by atoms with van der Waals surface area (Å²) in [6, 6.07) is 5.35. The fourth-order valence-electron chi connectivity index (χ4n) is 1.28. The predicted octanol–water partition coefficient (Wildman–Crippen LogP) is -0.323. The van der Waals surface area contributed by atoms with Crippen molar-refractivity contribution in [3.63, 3.8) is 0 Å². The monoisotopic (exact) mass is 275 g/mol. The van der Waals surface area contributed by atoms with E-state index in [4.69, 9.17) is 9.84 Å². The summed E-state index contributed by atoms with van der Waals surface area (Å²) in [7, 11) is 0. The van der Waals surface area contributed by atoms with Crippen LogP contribution in [-0.4, -0.2) is 21.5 Å². The molecule has 0 aliphatic heterocycles. The second-order valence-corrected chi connectivity index (χ2v) is 3.36. The molecule has 2 aromatic rings. The molecule has 0 spiro atoms. The predicted molar refractivity (Wildman–Crippen MR) is 59.6 cm³/mol. The number of carbonyl (C=O) groups is 1. The summed E-state index contributed by atoms with van der Waals surface area (Å²) in [5.74, 6) is -2.91. The number of hydrogen-bond acceptors (Lipinski definition) is 4. The van der Waals surface area contributed by atoms with Gasteiger partial charge in [-0.15, -0.1) is 0 Å². The zero-order chi connectivity index (χ0) is 13.1. The molecule has 0 saturated heterocycles. The Bertz CT molecular complexity index is 610. The number of nitrogens with zero attached hydrogens (tertiary/aromatic N) is 1. The molecule has 0 amide bonds. The van der Waals surface area contributed by atoms with Crippen molar-refractivity contribution >= 4 is 5.97 Å². The fraction of sp³-hybridized carbons (Fsp3) is 0. The number of rotatable bonds is 3. The minimum atomic E-state index is -1.22. The van der Waals surface area contributed by atoms with Crippen molar-refractivity contribution in [1.82, 2.24) is 4.98 Å². The molecule has 100 valence electrons. The molecule has 0 bridgehead atoms. The van der Waals surface area contributed by atoms with Crippen molar-refractivity contribution in [3.8, 4) is 11.5 Å². The smallest absolute Gasteiger partial charge is 0.870 e. The molecule has 2 rings (SSSR count). The van der Waals surface area contributed by atoms with Crippen LogP contribution in [0.25, 0.3) is 0 Å². The molecule has 0 fully saturated rings. The standard InChI is InChI=1S/C12H7F2NO3.Li.H2O/c13-7-1-2-11(9(14)5-7)18-8-3-4-15-10(6-8)12(16)17;;/h1-6H,(H,16,17);;1H2/q;+1;/p-1. The van der Waals surface area contributed by atoms with Crippen molar-refractivity contribution in [1.29, 1.82) is 0 Å². The van der Waals surface area contributed by atoms with Gasteiger partial charge in [0.1, 0.15) is 11.6 Å². The van der Waals surface area contributed by atoms with E-state index in [1.807, 2.05) is 0 Å². The van der Waals surface area contributed by atoms with Crippen molar-refractivity contribution in [2.75, 3.05) is 0 Å². The molecule has 0 aliphatic rings. The van der Waals surface area contributed by atoms with Crippen LogP contribution in [0.5, 0.6) is 11.5 Å². The summed E-state index contributed by atoms with van der Waals surface area (Å²) >= 11 is 0. The Morgan fingerprint density at radius 3 is 2.50 bits per heavy atom. The topological polar surface area (TPSA) is 89.4 Å². The van der Waals surface area contributed by atoms with Crippen LogP contribution in [0.4, 0.5) is 8.78 Å². The maximum Gasteiger partial charge on any atom is 1.00 e. The number of benzene rings is 1. The van der Waals surface area contributed by atoms with Gasteiger partial charge in [0.15, 0.2) is 17.3 Å². The number of halogens is 2. The number of aromatic nitrogens is 1. The van der Waals surface area contributed by atoms with E-state index in [0.717, 1.165) is 18.2 Å². The Kier molecular flexibility index (Phi) is 6.86. The van der Waals surface area contributed by atoms with Crippen molar-refractivity contribution < 1.29 is 47.8 Å². The molecule has 2 N–H and O–H groups in total. The van der Waals surface area contributed by atoms with Gasteiger partial charge < -0.3 is 15.3 Å². The van der Waals surface area contributed by atoms with Gasteiger partial charge in [-0.2, -0.15) is 0 Å². The van der Waals surface area contributed by atoms with Crippen LogP contribution in [0.15, 0.2) is 36.5 Å². The summed E-state index contributed by atoms with van der Waals surface area (Å²) in [5, 5.41) is 8.72. The van der Waals surface area contributed by atoms with Gasteiger partial charge in [-0.05, 0) is 18.2 Å². The molecule has 1 aromatic heterocycles. The quantitative estimate of drug-likeness (QED) is 0.775. The first-order valence-electron chi connectivity index (χ1n) is 4.88. The molecule has 0 aliphatic carbocycles. The number of carboxylic acids is 1. The van der Waals surface area contributed by atoms with Gasteiger partial charge in [0.25, 0.3) is 0 Å². The first-order valence-corrected chi connectivity index (χ1v) is 4.88. The third kappa shape index (κ3) is 4.31. The fourth-order valence-corrected chi connectivity index (χ4v) is 1.28. The first-order chi connectivity index (χ1) is 8.56. The van der Waals surface area contributed by atoms with E-state index in [-0.39, 0.29) is 41.5 Å². The molecule has 0 atom stereocenters. The molecule has 0 radical (unpaired) electrons. The van der Waals surface area contributed by atoms with Crippen LogP contribution < -0.4 is 23.6 Å². The Morgan fingerprint density at radius 2 is 1.90 bits per heavy atom. The van der Waals surface area contributed by atoms with E-state index in [9.17, 15) is 13.6 Å². The average Bonchev–Trinajstić information content (AvgIpc) is 2.33. The minimum Gasteiger partial charge on any atom is -0.870 e. The van der Waals surface area contributed by atoms with E-state index >= 15 is 0 Å². The van der Waals surface area contributed by atoms with Crippen molar-refractivity contribution in [2.45, 2.75) is 0 Å². The summed E-state index contributed by atoms with van der Waals surface area (Å²) in [4.78, 5) is 14.3. The summed E-state index contributed by atoms with van der Waals surface area (Å²) in [6.45, 7) is 0. The minimum absolute atomic E-state index is 0. The Labute approximate surface area is 124 Å². The molecular weight excluding hydrogens is 267 g/mol. The van der Waals surface area contributed by atoms with Crippen molar-refractivity contribution in [2.24, 2.45) is 0 Å². The third-order valence-electron chi connectivity index (χ3n) is 2.07. The van der Waals surface area contributed by atoms with Gasteiger partial charge >= 0.3 is 24.8 Å². The maximum atomic E-state index is 13.3. The van der Waals surface area contributed by atoms with E-state index in [2.05, 4.69) is 4.98 Å². The first kappa shape index (κ1) is 18.1. The van der Waals surface area contributed by atoms with Crippen LogP contribution in [0, 0.1) is 11.6 Å². The average molecular weight is 275 g/mol. The zero-order valence-corrected chi connectivity index (χ0v) is 10.4. The summed E-state index contributed by atoms with van der Waals surface area (Å²) < 4.78 is 31.1. The number of carboxylic acid groups (broad SMARTS) is 1. The van der Waals surface area contributed by atoms with Gasteiger partial charge in [0.05, 0.1) is 0 Å². The van der Waals surface area contributed by atoms with Crippen LogP contribution in [0.2, 0.25) is 0 Å². The van der Waals surface area contributed by atoms with Crippen LogP contribution >= 0.6 is 0 Å². The zero-order valence-electron chi connectivity index (χ0n) is 10.4. The van der Waals surface area contributed by atoms with E-state index in [1.54, 1.807) is 0 Å². The molecule has 1 aromatic carbocycles.